The van der Waals surface area contributed by atoms with Crippen LogP contribution < -0.4 is 11.1 Å². The summed E-state index contributed by atoms with van der Waals surface area (Å²) >= 11 is 4.70. The van der Waals surface area contributed by atoms with Gasteiger partial charge < -0.3 is 11.1 Å². The molecule has 2 heterocycles. The number of nitrogen functional groups attached to an aromatic ring is 1. The van der Waals surface area contributed by atoms with Gasteiger partial charge in [-0.2, -0.15) is 0 Å². The van der Waals surface area contributed by atoms with Crippen LogP contribution in [0.1, 0.15) is 15.2 Å². The maximum Gasteiger partial charge on any atom is 0.268 e. The smallest absolute Gasteiger partial charge is 0.268 e. The van der Waals surface area contributed by atoms with Crippen LogP contribution in [-0.4, -0.2) is 15.9 Å². The van der Waals surface area contributed by atoms with Crippen LogP contribution in [0.3, 0.4) is 0 Å². The van der Waals surface area contributed by atoms with Crippen molar-refractivity contribution in [3.8, 4) is 0 Å². The zero-order valence-electron chi connectivity index (χ0n) is 11.1. The summed E-state index contributed by atoms with van der Waals surface area (Å²) in [4.78, 5) is 21.8. The fraction of sp³-hybridized carbons (Fsp3) is 0.0714. The monoisotopic (exact) mass is 362 g/mol. The van der Waals surface area contributed by atoms with Gasteiger partial charge in [-0.25, -0.2) is 9.97 Å². The first kappa shape index (κ1) is 14.0. The third-order valence-corrected chi connectivity index (χ3v) is 5.16. The Bertz CT molecular complexity index is 846. The first-order valence-corrected chi connectivity index (χ1v) is 7.74. The van der Waals surface area contributed by atoms with E-state index in [9.17, 15) is 4.79 Å². The summed E-state index contributed by atoms with van der Waals surface area (Å²) in [7, 11) is 0. The van der Waals surface area contributed by atoms with E-state index >= 15 is 0 Å². The summed E-state index contributed by atoms with van der Waals surface area (Å²) in [6, 6.07) is 5.67. The van der Waals surface area contributed by atoms with E-state index in [0.29, 0.717) is 26.6 Å². The number of hydrogen-bond donors (Lipinski definition) is 2. The predicted molar refractivity (Wildman–Crippen MR) is 88.7 cm³/mol. The highest BCUT2D eigenvalue weighted by atomic mass is 79.9. The van der Waals surface area contributed by atoms with Gasteiger partial charge in [-0.15, -0.1) is 11.3 Å². The molecule has 106 valence electrons. The van der Waals surface area contributed by atoms with E-state index in [0.717, 1.165) is 10.0 Å². The molecule has 21 heavy (non-hydrogen) atoms. The second-order valence-corrected chi connectivity index (χ2v) is 6.24. The lowest BCUT2D eigenvalue weighted by atomic mass is 10.2. The van der Waals surface area contributed by atoms with Gasteiger partial charge >= 0.3 is 0 Å². The Labute approximate surface area is 133 Å². The van der Waals surface area contributed by atoms with Crippen molar-refractivity contribution in [2.24, 2.45) is 0 Å². The Balaban J connectivity index is 1.97. The largest absolute Gasteiger partial charge is 0.396 e. The molecular formula is C14H11BrN4OS. The number of aryl methyl sites for hydroxylation is 1. The van der Waals surface area contributed by atoms with Crippen molar-refractivity contribution in [2.75, 3.05) is 11.1 Å². The van der Waals surface area contributed by atoms with Crippen molar-refractivity contribution in [1.29, 1.82) is 0 Å². The molecular weight excluding hydrogens is 352 g/mol. The number of carbonyl (C=O) groups is 1. The third-order valence-electron chi connectivity index (χ3n) is 3.01. The SMILES string of the molecule is Cc1cccc(NC(=O)c2sc3nccnc3c2N)c1Br. The van der Waals surface area contributed by atoms with Gasteiger partial charge in [0.25, 0.3) is 5.91 Å². The Kier molecular flexibility index (Phi) is 3.60. The fourth-order valence-electron chi connectivity index (χ4n) is 1.94. The van der Waals surface area contributed by atoms with E-state index in [-0.39, 0.29) is 5.91 Å². The molecule has 0 aliphatic rings. The molecule has 0 unspecified atom stereocenters. The minimum absolute atomic E-state index is 0.261. The Morgan fingerprint density at radius 3 is 2.86 bits per heavy atom. The van der Waals surface area contributed by atoms with E-state index in [4.69, 9.17) is 5.73 Å². The summed E-state index contributed by atoms with van der Waals surface area (Å²) in [5.74, 6) is -0.261. The number of nitrogens with two attached hydrogens (primary N) is 1. The molecule has 0 spiro atoms. The second-order valence-electron chi connectivity index (χ2n) is 4.45. The first-order chi connectivity index (χ1) is 10.1. The number of amides is 1. The van der Waals surface area contributed by atoms with Crippen molar-refractivity contribution in [3.05, 3.63) is 45.5 Å². The highest BCUT2D eigenvalue weighted by Crippen LogP contribution is 2.32. The van der Waals surface area contributed by atoms with Crippen LogP contribution in [-0.2, 0) is 0 Å². The van der Waals surface area contributed by atoms with Crippen molar-refractivity contribution in [2.45, 2.75) is 6.92 Å². The van der Waals surface area contributed by atoms with Crippen LogP contribution in [0, 0.1) is 6.92 Å². The highest BCUT2D eigenvalue weighted by Gasteiger charge is 2.18. The molecule has 0 radical (unpaired) electrons. The van der Waals surface area contributed by atoms with Gasteiger partial charge in [0.05, 0.1) is 11.4 Å². The third kappa shape index (κ3) is 2.50. The number of nitrogens with zero attached hydrogens (tertiary/aromatic N) is 2. The molecule has 5 nitrogen and oxygen atoms in total. The molecule has 0 aliphatic carbocycles. The van der Waals surface area contributed by atoms with Gasteiger partial charge in [0, 0.05) is 16.9 Å². The highest BCUT2D eigenvalue weighted by molar-refractivity contribution is 9.10. The number of halogens is 1. The van der Waals surface area contributed by atoms with Gasteiger partial charge in [0.2, 0.25) is 0 Å². The van der Waals surface area contributed by atoms with Gasteiger partial charge in [-0.1, -0.05) is 12.1 Å². The molecule has 0 saturated heterocycles. The fourth-order valence-corrected chi connectivity index (χ4v) is 3.22. The lowest BCUT2D eigenvalue weighted by molar-refractivity contribution is 0.103. The number of fused-ring (bicyclic) bond motifs is 1. The van der Waals surface area contributed by atoms with E-state index in [1.54, 1.807) is 12.4 Å². The summed E-state index contributed by atoms with van der Waals surface area (Å²) in [6.45, 7) is 1.96. The first-order valence-electron chi connectivity index (χ1n) is 6.13. The molecule has 0 bridgehead atoms. The van der Waals surface area contributed by atoms with E-state index < -0.39 is 0 Å². The number of rotatable bonds is 2. The predicted octanol–water partition coefficient (Wildman–Crippen LogP) is 3.60. The molecule has 3 N–H and O–H groups in total. The number of benzene rings is 1. The van der Waals surface area contributed by atoms with Crippen LogP contribution in [0.25, 0.3) is 10.3 Å². The van der Waals surface area contributed by atoms with Crippen molar-refractivity contribution >= 4 is 54.9 Å². The standard InChI is InChI=1S/C14H11BrN4OS/c1-7-3-2-4-8(9(7)15)19-13(20)12-10(16)11-14(21-12)18-6-5-17-11/h2-6H,16H2,1H3,(H,19,20). The zero-order chi connectivity index (χ0) is 15.0. The lowest BCUT2D eigenvalue weighted by Crippen LogP contribution is -2.12. The summed E-state index contributed by atoms with van der Waals surface area (Å²) < 4.78 is 0.856. The molecule has 0 fully saturated rings. The quantitative estimate of drug-likeness (QED) is 0.729. The molecule has 0 saturated carbocycles. The molecule has 1 aromatic carbocycles. The summed E-state index contributed by atoms with van der Waals surface area (Å²) in [5.41, 5.74) is 8.68. The topological polar surface area (TPSA) is 80.9 Å². The number of thiophene rings is 1. The number of hydrogen-bond acceptors (Lipinski definition) is 5. The van der Waals surface area contributed by atoms with Crippen molar-refractivity contribution in [3.63, 3.8) is 0 Å². The molecule has 3 aromatic rings. The minimum Gasteiger partial charge on any atom is -0.396 e. The Hall–Kier alpha value is -1.99. The van der Waals surface area contributed by atoms with Crippen LogP contribution in [0.4, 0.5) is 11.4 Å². The Morgan fingerprint density at radius 1 is 1.33 bits per heavy atom. The maximum atomic E-state index is 12.4. The average Bonchev–Trinajstić information content (AvgIpc) is 2.82. The number of anilines is 2. The van der Waals surface area contributed by atoms with Gasteiger partial charge in [0.15, 0.2) is 0 Å². The summed E-state index contributed by atoms with van der Waals surface area (Å²) in [6.07, 6.45) is 3.14. The zero-order valence-corrected chi connectivity index (χ0v) is 13.5. The van der Waals surface area contributed by atoms with Gasteiger partial charge in [-0.05, 0) is 34.5 Å². The molecule has 2 aromatic heterocycles. The van der Waals surface area contributed by atoms with Crippen LogP contribution in [0.2, 0.25) is 0 Å². The second kappa shape index (κ2) is 5.42. The van der Waals surface area contributed by atoms with Crippen LogP contribution in [0.5, 0.6) is 0 Å². The van der Waals surface area contributed by atoms with Gasteiger partial charge in [-0.3, -0.25) is 4.79 Å². The lowest BCUT2D eigenvalue weighted by Gasteiger charge is -2.08. The van der Waals surface area contributed by atoms with E-state index in [1.165, 1.54) is 11.3 Å². The Morgan fingerprint density at radius 2 is 2.10 bits per heavy atom. The molecule has 0 aliphatic heterocycles. The molecule has 7 heteroatoms. The molecule has 3 rings (SSSR count). The normalized spacial score (nSPS) is 10.8. The van der Waals surface area contributed by atoms with E-state index in [1.807, 2.05) is 25.1 Å². The minimum atomic E-state index is -0.261. The van der Waals surface area contributed by atoms with Crippen LogP contribution in [0.15, 0.2) is 35.1 Å². The van der Waals surface area contributed by atoms with Crippen LogP contribution >= 0.6 is 27.3 Å². The van der Waals surface area contributed by atoms with E-state index in [2.05, 4.69) is 31.2 Å². The summed E-state index contributed by atoms with van der Waals surface area (Å²) in [5, 5.41) is 2.86. The average molecular weight is 363 g/mol. The number of nitrogens with one attached hydrogen (secondary N) is 1. The van der Waals surface area contributed by atoms with Crippen molar-refractivity contribution < 1.29 is 4.79 Å². The van der Waals surface area contributed by atoms with Gasteiger partial charge in [0.1, 0.15) is 15.2 Å². The molecule has 1 amide bonds. The molecule has 0 atom stereocenters. The maximum absolute atomic E-state index is 12.4. The number of aromatic nitrogens is 2. The number of carbonyl (C=O) groups excluding carboxylic acids is 1. The van der Waals surface area contributed by atoms with Crippen molar-refractivity contribution in [1.82, 2.24) is 9.97 Å².